The van der Waals surface area contributed by atoms with Gasteiger partial charge in [-0.15, -0.1) is 5.10 Å². The Morgan fingerprint density at radius 2 is 2.06 bits per heavy atom. The van der Waals surface area contributed by atoms with E-state index in [1.54, 1.807) is 7.05 Å². The van der Waals surface area contributed by atoms with Crippen LogP contribution >= 0.6 is 0 Å². The number of hydrogen-bond acceptors (Lipinski definition) is 5. The van der Waals surface area contributed by atoms with Gasteiger partial charge in [0.25, 0.3) is 5.56 Å². The van der Waals surface area contributed by atoms with Crippen molar-refractivity contribution in [3.8, 4) is 0 Å². The Labute approximate surface area is 104 Å². The van der Waals surface area contributed by atoms with Crippen LogP contribution in [0.3, 0.4) is 0 Å². The molecule has 0 radical (unpaired) electrons. The van der Waals surface area contributed by atoms with Crippen LogP contribution in [0.2, 0.25) is 0 Å². The topological polar surface area (TPSA) is 85.8 Å². The molecule has 0 amide bonds. The summed E-state index contributed by atoms with van der Waals surface area (Å²) in [5.74, 6) is 0. The lowest BCUT2D eigenvalue weighted by Gasteiger charge is -2.24. The number of nitrogens with zero attached hydrogens (tertiary/aromatic N) is 5. The molecule has 0 aromatic carbocycles. The molecule has 0 bridgehead atoms. The number of hydrogen-bond donors (Lipinski definition) is 1. The van der Waals surface area contributed by atoms with Crippen LogP contribution in [0.25, 0.3) is 11.0 Å². The second-order valence-corrected chi connectivity index (χ2v) is 4.49. The Bertz CT molecular complexity index is 611. The van der Waals surface area contributed by atoms with Crippen LogP contribution in [0, 0.1) is 0 Å². The summed E-state index contributed by atoms with van der Waals surface area (Å²) >= 11 is 0. The molecule has 7 nitrogen and oxygen atoms in total. The molecule has 2 aromatic heterocycles. The largest absolute Gasteiger partial charge is 0.388 e. The smallest absolute Gasteiger partial charge is 0.280 e. The summed E-state index contributed by atoms with van der Waals surface area (Å²) in [7, 11) is 1.70. The lowest BCUT2D eigenvalue weighted by Crippen LogP contribution is -2.38. The quantitative estimate of drug-likeness (QED) is 0.831. The molecule has 18 heavy (non-hydrogen) atoms. The second kappa shape index (κ2) is 4.49. The molecule has 0 atom stereocenters. The van der Waals surface area contributed by atoms with Crippen molar-refractivity contribution in [1.82, 2.24) is 24.8 Å². The molecule has 2 rings (SSSR count). The van der Waals surface area contributed by atoms with Gasteiger partial charge in [0, 0.05) is 7.05 Å². The molecule has 1 N–H and O–H groups in total. The van der Waals surface area contributed by atoms with Crippen molar-refractivity contribution in [2.24, 2.45) is 7.05 Å². The van der Waals surface area contributed by atoms with Crippen molar-refractivity contribution in [3.63, 3.8) is 0 Å². The summed E-state index contributed by atoms with van der Waals surface area (Å²) in [6.07, 6.45) is 2.59. The van der Waals surface area contributed by atoms with Crippen LogP contribution in [-0.2, 0) is 13.6 Å². The van der Waals surface area contributed by atoms with E-state index in [9.17, 15) is 9.90 Å². The van der Waals surface area contributed by atoms with Crippen molar-refractivity contribution >= 4 is 11.0 Å². The zero-order valence-electron chi connectivity index (χ0n) is 10.8. The fourth-order valence-corrected chi connectivity index (χ4v) is 1.83. The fraction of sp³-hybridized carbons (Fsp3) is 0.636. The second-order valence-electron chi connectivity index (χ2n) is 4.49. The van der Waals surface area contributed by atoms with E-state index in [0.29, 0.717) is 23.9 Å². The minimum absolute atomic E-state index is 0.149. The number of fused-ring (bicyclic) bond motifs is 1. The van der Waals surface area contributed by atoms with E-state index in [2.05, 4.69) is 15.4 Å². The molecule has 2 heterocycles. The van der Waals surface area contributed by atoms with Gasteiger partial charge in [-0.2, -0.15) is 5.10 Å². The Kier molecular flexibility index (Phi) is 3.16. The van der Waals surface area contributed by atoms with E-state index in [-0.39, 0.29) is 12.1 Å². The highest BCUT2D eigenvalue weighted by Crippen LogP contribution is 2.16. The molecule has 0 fully saturated rings. The van der Waals surface area contributed by atoms with Gasteiger partial charge in [-0.25, -0.2) is 9.36 Å². The van der Waals surface area contributed by atoms with Gasteiger partial charge in [-0.1, -0.05) is 19.1 Å². The highest BCUT2D eigenvalue weighted by Gasteiger charge is 2.24. The van der Waals surface area contributed by atoms with Gasteiger partial charge in [-0.05, 0) is 12.8 Å². The van der Waals surface area contributed by atoms with Gasteiger partial charge >= 0.3 is 0 Å². The lowest BCUT2D eigenvalue weighted by molar-refractivity contribution is 0.00993. The van der Waals surface area contributed by atoms with E-state index in [1.165, 1.54) is 15.6 Å². The molecular weight excluding hydrogens is 234 g/mol. The maximum absolute atomic E-state index is 12.1. The number of aliphatic hydroxyl groups is 1. The average molecular weight is 251 g/mol. The maximum Gasteiger partial charge on any atom is 0.280 e. The summed E-state index contributed by atoms with van der Waals surface area (Å²) in [5.41, 5.74) is -0.741. The summed E-state index contributed by atoms with van der Waals surface area (Å²) in [6, 6.07) is 0. The first-order valence-electron chi connectivity index (χ1n) is 5.98. The van der Waals surface area contributed by atoms with E-state index >= 15 is 0 Å². The van der Waals surface area contributed by atoms with Crippen molar-refractivity contribution in [3.05, 3.63) is 16.6 Å². The van der Waals surface area contributed by atoms with Crippen molar-refractivity contribution in [2.45, 2.75) is 38.8 Å². The van der Waals surface area contributed by atoms with Gasteiger partial charge in [0.1, 0.15) is 5.39 Å². The molecule has 7 heteroatoms. The third-order valence-corrected chi connectivity index (χ3v) is 3.38. The predicted molar refractivity (Wildman–Crippen MR) is 66.1 cm³/mol. The fourth-order valence-electron chi connectivity index (χ4n) is 1.83. The molecule has 98 valence electrons. The van der Waals surface area contributed by atoms with Gasteiger partial charge in [-0.3, -0.25) is 4.79 Å². The molecule has 2 aromatic rings. The zero-order chi connectivity index (χ0) is 13.3. The minimum atomic E-state index is -0.922. The lowest BCUT2D eigenvalue weighted by atomic mass is 9.98. The van der Waals surface area contributed by atoms with Gasteiger partial charge in [0.15, 0.2) is 5.65 Å². The molecule has 0 aliphatic heterocycles. The first-order valence-corrected chi connectivity index (χ1v) is 5.98. The van der Waals surface area contributed by atoms with Crippen molar-refractivity contribution < 1.29 is 5.11 Å². The molecule has 0 saturated carbocycles. The Hall–Kier alpha value is -1.76. The van der Waals surface area contributed by atoms with E-state index in [1.807, 2.05) is 13.8 Å². The molecule has 0 spiro atoms. The normalized spacial score (nSPS) is 12.2. The third-order valence-electron chi connectivity index (χ3n) is 3.38. The molecule has 0 unspecified atom stereocenters. The van der Waals surface area contributed by atoms with Crippen LogP contribution in [-0.4, -0.2) is 35.5 Å². The highest BCUT2D eigenvalue weighted by molar-refractivity contribution is 5.72. The zero-order valence-corrected chi connectivity index (χ0v) is 10.8. The number of aromatic nitrogens is 5. The van der Waals surface area contributed by atoms with Crippen LogP contribution in [0.15, 0.2) is 11.0 Å². The third kappa shape index (κ3) is 2.01. The van der Waals surface area contributed by atoms with Crippen LogP contribution in [0.4, 0.5) is 0 Å². The van der Waals surface area contributed by atoms with Gasteiger partial charge < -0.3 is 5.11 Å². The van der Waals surface area contributed by atoms with E-state index in [0.717, 1.165) is 0 Å². The Morgan fingerprint density at radius 1 is 1.39 bits per heavy atom. The SMILES string of the molecule is CCC(O)(CC)Cn1nnc2c(cnn2C)c1=O. The average Bonchev–Trinajstić information content (AvgIpc) is 2.75. The summed E-state index contributed by atoms with van der Waals surface area (Å²) in [5, 5.41) is 22.4. The highest BCUT2D eigenvalue weighted by atomic mass is 16.3. The number of rotatable bonds is 4. The first-order chi connectivity index (χ1) is 8.50. The van der Waals surface area contributed by atoms with Crippen molar-refractivity contribution in [1.29, 1.82) is 0 Å². The van der Waals surface area contributed by atoms with Crippen LogP contribution in [0.5, 0.6) is 0 Å². The van der Waals surface area contributed by atoms with Crippen molar-refractivity contribution in [2.75, 3.05) is 0 Å². The molecule has 0 aliphatic rings. The van der Waals surface area contributed by atoms with Crippen LogP contribution in [0.1, 0.15) is 26.7 Å². The Morgan fingerprint density at radius 3 is 2.67 bits per heavy atom. The molecule has 0 saturated heterocycles. The monoisotopic (exact) mass is 251 g/mol. The van der Waals surface area contributed by atoms with E-state index in [4.69, 9.17) is 0 Å². The molecular formula is C11H17N5O2. The van der Waals surface area contributed by atoms with Gasteiger partial charge in [0.2, 0.25) is 0 Å². The maximum atomic E-state index is 12.1. The first kappa shape index (κ1) is 12.7. The van der Waals surface area contributed by atoms with Crippen LogP contribution < -0.4 is 5.56 Å². The molecule has 0 aliphatic carbocycles. The summed E-state index contributed by atoms with van der Waals surface area (Å²) in [4.78, 5) is 12.1. The summed E-state index contributed by atoms with van der Waals surface area (Å²) in [6.45, 7) is 3.91. The minimum Gasteiger partial charge on any atom is -0.388 e. The van der Waals surface area contributed by atoms with E-state index < -0.39 is 5.60 Å². The van der Waals surface area contributed by atoms with Gasteiger partial charge in [0.05, 0.1) is 18.3 Å². The summed E-state index contributed by atoms with van der Waals surface area (Å²) < 4.78 is 2.71. The predicted octanol–water partition coefficient (Wildman–Crippen LogP) is 0.0761. The number of aryl methyl sites for hydroxylation is 1. The standard InChI is InChI=1S/C11H17N5O2/c1-4-11(18,5-2)7-16-10(17)8-6-12-15(3)9(8)13-14-16/h6,18H,4-5,7H2,1-3H3. The Balaban J connectivity index is 2.47.